The van der Waals surface area contributed by atoms with Crippen LogP contribution in [-0.2, 0) is 19.5 Å². The van der Waals surface area contributed by atoms with Crippen molar-refractivity contribution in [1.82, 2.24) is 0 Å². The van der Waals surface area contributed by atoms with E-state index in [1.165, 1.54) is 0 Å². The summed E-state index contributed by atoms with van der Waals surface area (Å²) in [4.78, 5) is 4.26. The molecule has 0 aliphatic carbocycles. The van der Waals surface area contributed by atoms with Gasteiger partial charge >= 0.3 is 0 Å². The van der Waals surface area contributed by atoms with Crippen LogP contribution in [0.15, 0.2) is 4.99 Å². The van der Waals surface area contributed by atoms with E-state index in [0.717, 1.165) is 12.4 Å². The molecule has 0 unspecified atom stereocenters. The van der Waals surface area contributed by atoms with Crippen LogP contribution >= 0.6 is 0 Å². The summed E-state index contributed by atoms with van der Waals surface area (Å²) in [7, 11) is 1.77. The molecule has 0 bridgehead atoms. The van der Waals surface area contributed by atoms with Gasteiger partial charge in [-0.05, 0) is 18.9 Å². The molecule has 0 aliphatic rings. The molecule has 0 aliphatic heterocycles. The van der Waals surface area contributed by atoms with Gasteiger partial charge in [-0.3, -0.25) is 0 Å². The van der Waals surface area contributed by atoms with E-state index in [4.69, 9.17) is 0 Å². The third-order valence-electron chi connectivity index (χ3n) is 1.11. The second-order valence-electron chi connectivity index (χ2n) is 3.65. The molecule has 0 fully saturated rings. The third-order valence-corrected chi connectivity index (χ3v) is 1.11. The molecule has 0 N–H and O–H groups in total. The van der Waals surface area contributed by atoms with Crippen LogP contribution in [0.1, 0.15) is 27.7 Å². The van der Waals surface area contributed by atoms with E-state index in [9.17, 15) is 0 Å². The van der Waals surface area contributed by atoms with Crippen LogP contribution in [0, 0.1) is 5.41 Å². The first-order valence-electron chi connectivity index (χ1n) is 3.56. The van der Waals surface area contributed by atoms with Crippen molar-refractivity contribution in [3.63, 3.8) is 0 Å². The number of hydrogen-bond acceptors (Lipinski definition) is 1. The van der Waals surface area contributed by atoms with Gasteiger partial charge in [0.2, 0.25) is 0 Å². The quantitative estimate of drug-likeness (QED) is 0.385. The van der Waals surface area contributed by atoms with E-state index < -0.39 is 0 Å². The van der Waals surface area contributed by atoms with Gasteiger partial charge in [-0.1, -0.05) is 33.7 Å². The Morgan fingerprint density at radius 2 is 1.82 bits per heavy atom. The Labute approximate surface area is 82.6 Å². The molecule has 0 aromatic rings. The van der Waals surface area contributed by atoms with Crippen molar-refractivity contribution in [2.45, 2.75) is 27.7 Å². The minimum absolute atomic E-state index is 0. The van der Waals surface area contributed by atoms with E-state index in [1.54, 1.807) is 7.05 Å². The van der Waals surface area contributed by atoms with Gasteiger partial charge in [0.05, 0.1) is 0 Å². The standard InChI is InChI=1S/C8H17N2.Rh/c1-7(9-5)10-6-8(2,3)4;/h6H2,1-5H3;/q-1;. The van der Waals surface area contributed by atoms with Gasteiger partial charge in [-0.15, -0.1) is 0 Å². The van der Waals surface area contributed by atoms with E-state index in [2.05, 4.69) is 31.1 Å². The topological polar surface area (TPSA) is 26.5 Å². The Kier molecular flexibility index (Phi) is 7.09. The fraction of sp³-hybridized carbons (Fsp3) is 0.875. The number of rotatable bonds is 1. The number of nitrogens with zero attached hydrogens (tertiary/aromatic N) is 2. The average molecular weight is 244 g/mol. The molecule has 0 saturated heterocycles. The molecule has 0 amide bonds. The fourth-order valence-electron chi connectivity index (χ4n) is 0.422. The second-order valence-corrected chi connectivity index (χ2v) is 3.65. The summed E-state index contributed by atoms with van der Waals surface area (Å²) in [5.41, 5.74) is 0.284. The molecule has 0 aromatic heterocycles. The maximum Gasteiger partial charge on any atom is 0 e. The zero-order valence-electron chi connectivity index (χ0n) is 7.93. The Morgan fingerprint density at radius 3 is 2.09 bits per heavy atom. The fourth-order valence-corrected chi connectivity index (χ4v) is 0.422. The molecule has 0 heterocycles. The summed E-state index contributed by atoms with van der Waals surface area (Å²) >= 11 is 0. The monoisotopic (exact) mass is 244 g/mol. The Hall–Kier alpha value is 0.0934. The summed E-state index contributed by atoms with van der Waals surface area (Å²) < 4.78 is 0. The SMILES string of the molecule is C[N-]C(C)=NCC(C)(C)C.[Rh]. The van der Waals surface area contributed by atoms with Crippen molar-refractivity contribution in [2.24, 2.45) is 10.4 Å². The molecule has 0 spiro atoms. The third kappa shape index (κ3) is 10.1. The average Bonchev–Trinajstić information content (AvgIpc) is 1.81. The second kappa shape index (κ2) is 5.71. The van der Waals surface area contributed by atoms with Crippen molar-refractivity contribution in [1.29, 1.82) is 0 Å². The minimum Gasteiger partial charge on any atom is -0.473 e. The van der Waals surface area contributed by atoms with Crippen LogP contribution in [0.5, 0.6) is 0 Å². The minimum atomic E-state index is 0. The van der Waals surface area contributed by atoms with Crippen LogP contribution in [0.2, 0.25) is 0 Å². The van der Waals surface area contributed by atoms with Crippen LogP contribution in [-0.4, -0.2) is 19.4 Å². The van der Waals surface area contributed by atoms with Gasteiger partial charge in [0.25, 0.3) is 0 Å². The van der Waals surface area contributed by atoms with Crippen molar-refractivity contribution in [3.05, 3.63) is 5.32 Å². The van der Waals surface area contributed by atoms with Crippen molar-refractivity contribution < 1.29 is 19.5 Å². The van der Waals surface area contributed by atoms with E-state index >= 15 is 0 Å². The molecule has 1 radical (unpaired) electrons. The van der Waals surface area contributed by atoms with Gasteiger partial charge in [-0.25, -0.2) is 0 Å². The predicted octanol–water partition coefficient (Wildman–Crippen LogP) is 2.45. The maximum absolute atomic E-state index is 4.26. The smallest absolute Gasteiger partial charge is 0 e. The van der Waals surface area contributed by atoms with Crippen LogP contribution in [0.3, 0.4) is 0 Å². The van der Waals surface area contributed by atoms with Crippen LogP contribution in [0.25, 0.3) is 5.32 Å². The first-order chi connectivity index (χ1) is 4.45. The summed E-state index contributed by atoms with van der Waals surface area (Å²) in [6.45, 7) is 9.28. The largest absolute Gasteiger partial charge is 0.473 e. The normalized spacial score (nSPS) is 12.3. The summed E-state index contributed by atoms with van der Waals surface area (Å²) in [6, 6.07) is 0. The Balaban J connectivity index is 0. The van der Waals surface area contributed by atoms with Crippen LogP contribution < -0.4 is 0 Å². The maximum atomic E-state index is 4.26. The van der Waals surface area contributed by atoms with E-state index in [0.29, 0.717) is 0 Å². The zero-order valence-corrected chi connectivity index (χ0v) is 9.57. The molecule has 69 valence electrons. The molecule has 3 heteroatoms. The molecule has 11 heavy (non-hydrogen) atoms. The Morgan fingerprint density at radius 1 is 1.36 bits per heavy atom. The number of aliphatic imine (C=N–C) groups is 1. The summed E-state index contributed by atoms with van der Waals surface area (Å²) in [6.07, 6.45) is 0. The number of amidine groups is 1. The molecule has 0 atom stereocenters. The molecule has 0 saturated carbocycles. The first-order valence-corrected chi connectivity index (χ1v) is 3.56. The molecular formula is C8H17N2Rh-. The summed E-state index contributed by atoms with van der Waals surface area (Å²) in [5.74, 6) is 0.884. The van der Waals surface area contributed by atoms with E-state index in [-0.39, 0.29) is 24.9 Å². The predicted molar refractivity (Wildman–Crippen MR) is 46.7 cm³/mol. The van der Waals surface area contributed by atoms with Crippen LogP contribution in [0.4, 0.5) is 0 Å². The summed E-state index contributed by atoms with van der Waals surface area (Å²) in [5, 5.41) is 3.94. The van der Waals surface area contributed by atoms with Gasteiger partial charge in [0.15, 0.2) is 0 Å². The first kappa shape index (κ1) is 13.7. The van der Waals surface area contributed by atoms with Gasteiger partial charge in [0, 0.05) is 19.5 Å². The molecule has 0 rings (SSSR count). The van der Waals surface area contributed by atoms with Crippen molar-refractivity contribution >= 4 is 5.84 Å². The van der Waals surface area contributed by atoms with E-state index in [1.807, 2.05) is 6.92 Å². The molecule has 0 aromatic carbocycles. The molecule has 2 nitrogen and oxygen atoms in total. The van der Waals surface area contributed by atoms with Crippen molar-refractivity contribution in [3.8, 4) is 0 Å². The van der Waals surface area contributed by atoms with Crippen molar-refractivity contribution in [2.75, 3.05) is 13.6 Å². The number of hydrogen-bond donors (Lipinski definition) is 0. The van der Waals surface area contributed by atoms with Gasteiger partial charge in [-0.2, -0.15) is 0 Å². The van der Waals surface area contributed by atoms with Gasteiger partial charge < -0.3 is 10.3 Å². The van der Waals surface area contributed by atoms with Gasteiger partial charge in [0.1, 0.15) is 0 Å². The zero-order chi connectivity index (χ0) is 8.20. The Bertz CT molecular complexity index is 125. The molecular weight excluding hydrogens is 227 g/mol.